The topological polar surface area (TPSA) is 67.6 Å². The minimum absolute atomic E-state index is 0.246. The molecule has 1 aliphatic rings. The Balaban J connectivity index is 1.92. The van der Waals surface area contributed by atoms with E-state index in [0.717, 1.165) is 31.8 Å². The van der Waals surface area contributed by atoms with Crippen LogP contribution in [0.1, 0.15) is 25.8 Å². The van der Waals surface area contributed by atoms with Gasteiger partial charge in [0, 0.05) is 31.2 Å². The highest BCUT2D eigenvalue weighted by Crippen LogP contribution is 2.22. The third-order valence-corrected chi connectivity index (χ3v) is 3.64. The Morgan fingerprint density at radius 2 is 2.19 bits per heavy atom. The van der Waals surface area contributed by atoms with Crippen LogP contribution in [0.5, 0.6) is 5.75 Å². The second-order valence-corrected chi connectivity index (χ2v) is 5.80. The van der Waals surface area contributed by atoms with E-state index in [4.69, 9.17) is 10.5 Å². The van der Waals surface area contributed by atoms with Gasteiger partial charge in [0.1, 0.15) is 12.4 Å². The molecule has 0 saturated carbocycles. The van der Waals surface area contributed by atoms with Crippen LogP contribution in [0.4, 0.5) is 0 Å². The van der Waals surface area contributed by atoms with Crippen LogP contribution < -0.4 is 15.8 Å². The lowest BCUT2D eigenvalue weighted by molar-refractivity contribution is -0.120. The molecule has 3 N–H and O–H groups in total. The second-order valence-electron chi connectivity index (χ2n) is 5.80. The maximum atomic E-state index is 11.5. The van der Waals surface area contributed by atoms with E-state index in [9.17, 15) is 4.79 Å². The summed E-state index contributed by atoms with van der Waals surface area (Å²) in [4.78, 5) is 13.8. The minimum atomic E-state index is -0.282. The number of primary amides is 1. The number of rotatable bonds is 6. The van der Waals surface area contributed by atoms with Gasteiger partial charge in [-0.3, -0.25) is 9.69 Å². The van der Waals surface area contributed by atoms with E-state index in [1.807, 2.05) is 32.0 Å². The van der Waals surface area contributed by atoms with Gasteiger partial charge in [-0.15, -0.1) is 0 Å². The van der Waals surface area contributed by atoms with Gasteiger partial charge >= 0.3 is 0 Å². The fraction of sp³-hybridized carbons (Fsp3) is 0.562. The highest BCUT2D eigenvalue weighted by molar-refractivity contribution is 5.79. The molecule has 0 radical (unpaired) electrons. The molecular weight excluding hydrogens is 266 g/mol. The van der Waals surface area contributed by atoms with E-state index in [1.54, 1.807) is 0 Å². The van der Waals surface area contributed by atoms with Crippen molar-refractivity contribution >= 4 is 5.91 Å². The molecule has 1 unspecified atom stereocenters. The first kappa shape index (κ1) is 15.8. The van der Waals surface area contributed by atoms with Crippen molar-refractivity contribution < 1.29 is 9.53 Å². The van der Waals surface area contributed by atoms with Crippen molar-refractivity contribution in [2.45, 2.75) is 38.9 Å². The van der Waals surface area contributed by atoms with Crippen LogP contribution in [0, 0.1) is 0 Å². The highest BCUT2D eigenvalue weighted by atomic mass is 16.5. The first-order valence-corrected chi connectivity index (χ1v) is 7.54. The fourth-order valence-electron chi connectivity index (χ4n) is 2.59. The van der Waals surface area contributed by atoms with Crippen LogP contribution in [-0.2, 0) is 11.3 Å². The van der Waals surface area contributed by atoms with E-state index in [2.05, 4.69) is 16.3 Å². The quantitative estimate of drug-likeness (QED) is 0.824. The molecular formula is C16H25N3O2. The van der Waals surface area contributed by atoms with Gasteiger partial charge < -0.3 is 15.8 Å². The van der Waals surface area contributed by atoms with Crippen LogP contribution in [0.25, 0.3) is 0 Å². The summed E-state index contributed by atoms with van der Waals surface area (Å²) in [5.74, 6) is 0.682. The van der Waals surface area contributed by atoms with Gasteiger partial charge in [0.25, 0.3) is 0 Å². The van der Waals surface area contributed by atoms with Gasteiger partial charge in [-0.2, -0.15) is 0 Å². The zero-order valence-corrected chi connectivity index (χ0v) is 12.8. The Morgan fingerprint density at radius 1 is 1.43 bits per heavy atom. The molecule has 1 heterocycles. The van der Waals surface area contributed by atoms with Crippen LogP contribution >= 0.6 is 0 Å². The first-order valence-electron chi connectivity index (χ1n) is 7.54. The summed E-state index contributed by atoms with van der Waals surface area (Å²) >= 11 is 0. The van der Waals surface area contributed by atoms with Crippen molar-refractivity contribution in [1.29, 1.82) is 0 Å². The van der Waals surface area contributed by atoms with Crippen LogP contribution in [0.3, 0.4) is 0 Å². The number of nitrogens with two attached hydrogens (primary N) is 1. The summed E-state index contributed by atoms with van der Waals surface area (Å²) in [6.45, 7) is 7.25. The smallest absolute Gasteiger partial charge is 0.234 e. The summed E-state index contributed by atoms with van der Waals surface area (Å²) in [6, 6.07) is 8.08. The number of ether oxygens (including phenoxy) is 1. The Labute approximate surface area is 126 Å². The lowest BCUT2D eigenvalue weighted by Gasteiger charge is -2.23. The summed E-state index contributed by atoms with van der Waals surface area (Å²) in [7, 11) is 0. The Bertz CT molecular complexity index is 476. The monoisotopic (exact) mass is 291 g/mol. The number of nitrogens with one attached hydrogen (secondary N) is 1. The molecule has 0 spiro atoms. The molecule has 5 nitrogen and oxygen atoms in total. The molecule has 1 aromatic carbocycles. The van der Waals surface area contributed by atoms with Crippen molar-refractivity contribution in [3.8, 4) is 5.75 Å². The molecule has 0 saturated heterocycles. The zero-order chi connectivity index (χ0) is 15.2. The number of hydrogen-bond acceptors (Lipinski definition) is 4. The Hall–Kier alpha value is -1.59. The van der Waals surface area contributed by atoms with E-state index in [1.165, 1.54) is 5.56 Å². The molecule has 0 bridgehead atoms. The Kier molecular flexibility index (Phi) is 5.59. The van der Waals surface area contributed by atoms with Crippen molar-refractivity contribution in [3.05, 3.63) is 29.8 Å². The molecule has 1 aliphatic heterocycles. The van der Waals surface area contributed by atoms with Gasteiger partial charge in [-0.25, -0.2) is 0 Å². The molecule has 5 heteroatoms. The van der Waals surface area contributed by atoms with Gasteiger partial charge in [-0.05, 0) is 12.5 Å². The molecule has 0 aliphatic carbocycles. The molecule has 1 atom stereocenters. The molecule has 0 fully saturated rings. The summed E-state index contributed by atoms with van der Waals surface area (Å²) < 4.78 is 5.75. The molecule has 116 valence electrons. The van der Waals surface area contributed by atoms with Gasteiger partial charge in [0.15, 0.2) is 0 Å². The van der Waals surface area contributed by atoms with Crippen LogP contribution in [-0.4, -0.2) is 42.6 Å². The minimum Gasteiger partial charge on any atom is -0.492 e. The lowest BCUT2D eigenvalue weighted by atomic mass is 10.1. The predicted octanol–water partition coefficient (Wildman–Crippen LogP) is 1.12. The van der Waals surface area contributed by atoms with Crippen molar-refractivity contribution in [2.75, 3.05) is 19.7 Å². The molecule has 21 heavy (non-hydrogen) atoms. The normalized spacial score (nSPS) is 16.9. The largest absolute Gasteiger partial charge is 0.492 e. The average molecular weight is 291 g/mol. The second kappa shape index (κ2) is 7.43. The van der Waals surface area contributed by atoms with Gasteiger partial charge in [0.2, 0.25) is 5.91 Å². The fourth-order valence-corrected chi connectivity index (χ4v) is 2.59. The zero-order valence-electron chi connectivity index (χ0n) is 12.8. The number of nitrogens with zero attached hydrogens (tertiary/aromatic N) is 1. The molecule has 1 amide bonds. The van der Waals surface area contributed by atoms with Crippen molar-refractivity contribution in [3.63, 3.8) is 0 Å². The standard InChI is InChI=1S/C16H25N3O2/c1-12(2)18-14(16(17)20)7-8-19-9-10-21-15-6-4-3-5-13(15)11-19/h3-6,12,14,18H,7-11H2,1-2H3,(H2,17,20). The summed E-state index contributed by atoms with van der Waals surface area (Å²) in [5.41, 5.74) is 6.66. The number of benzene rings is 1. The number of hydrogen-bond donors (Lipinski definition) is 2. The maximum absolute atomic E-state index is 11.5. The molecule has 1 aromatic rings. The van der Waals surface area contributed by atoms with Crippen molar-refractivity contribution in [2.24, 2.45) is 5.73 Å². The predicted molar refractivity (Wildman–Crippen MR) is 83.1 cm³/mol. The van der Waals surface area contributed by atoms with Crippen molar-refractivity contribution in [1.82, 2.24) is 10.2 Å². The van der Waals surface area contributed by atoms with Crippen LogP contribution in [0.2, 0.25) is 0 Å². The molecule has 2 rings (SSSR count). The lowest BCUT2D eigenvalue weighted by Crippen LogP contribution is -2.46. The SMILES string of the molecule is CC(C)NC(CCN1CCOc2ccccc2C1)C(N)=O. The number of fused-ring (bicyclic) bond motifs is 1. The third kappa shape index (κ3) is 4.72. The highest BCUT2D eigenvalue weighted by Gasteiger charge is 2.19. The average Bonchev–Trinajstić information content (AvgIpc) is 2.64. The number of carbonyl (C=O) groups is 1. The Morgan fingerprint density at radius 3 is 2.90 bits per heavy atom. The van der Waals surface area contributed by atoms with E-state index < -0.39 is 0 Å². The van der Waals surface area contributed by atoms with E-state index >= 15 is 0 Å². The number of amides is 1. The molecule has 0 aromatic heterocycles. The number of para-hydroxylation sites is 1. The third-order valence-electron chi connectivity index (χ3n) is 3.64. The summed E-state index contributed by atoms with van der Waals surface area (Å²) in [5, 5.41) is 3.22. The van der Waals surface area contributed by atoms with Gasteiger partial charge in [0.05, 0.1) is 6.04 Å². The van der Waals surface area contributed by atoms with Crippen LogP contribution in [0.15, 0.2) is 24.3 Å². The number of carbonyl (C=O) groups excluding carboxylic acids is 1. The van der Waals surface area contributed by atoms with Gasteiger partial charge in [-0.1, -0.05) is 32.0 Å². The summed E-state index contributed by atoms with van der Waals surface area (Å²) in [6.07, 6.45) is 0.718. The maximum Gasteiger partial charge on any atom is 0.234 e. The van der Waals surface area contributed by atoms with E-state index in [0.29, 0.717) is 6.61 Å². The first-order chi connectivity index (χ1) is 10.1. The van der Waals surface area contributed by atoms with E-state index in [-0.39, 0.29) is 18.0 Å².